The normalized spacial score (nSPS) is 26.8. The van der Waals surface area contributed by atoms with Crippen molar-refractivity contribution < 1.29 is 5.11 Å². The molecule has 84 valence electrons. The van der Waals surface area contributed by atoms with E-state index in [4.69, 9.17) is 5.11 Å². The van der Waals surface area contributed by atoms with Crippen molar-refractivity contribution in [2.75, 3.05) is 0 Å². The fraction of sp³-hybridized carbons (Fsp3) is 0.818. The summed E-state index contributed by atoms with van der Waals surface area (Å²) < 4.78 is 1.92. The Morgan fingerprint density at radius 3 is 3.13 bits per heavy atom. The van der Waals surface area contributed by atoms with E-state index in [0.29, 0.717) is 11.9 Å². The van der Waals surface area contributed by atoms with Gasteiger partial charge in [-0.3, -0.25) is 0 Å². The number of hydrogen-bond donors (Lipinski definition) is 1. The van der Waals surface area contributed by atoms with E-state index in [9.17, 15) is 0 Å². The first-order valence-corrected chi connectivity index (χ1v) is 5.84. The highest BCUT2D eigenvalue weighted by Gasteiger charge is 2.24. The summed E-state index contributed by atoms with van der Waals surface area (Å²) in [6.45, 7) is 2.24. The van der Waals surface area contributed by atoms with Gasteiger partial charge in [0.2, 0.25) is 0 Å². The molecule has 4 heteroatoms. The molecular weight excluding hydrogens is 190 g/mol. The van der Waals surface area contributed by atoms with Gasteiger partial charge in [-0.1, -0.05) is 26.2 Å². The third-order valence-corrected chi connectivity index (χ3v) is 3.47. The van der Waals surface area contributed by atoms with Crippen LogP contribution in [0.1, 0.15) is 50.9 Å². The van der Waals surface area contributed by atoms with E-state index in [1.165, 1.54) is 32.1 Å². The highest BCUT2D eigenvalue weighted by Crippen LogP contribution is 2.33. The minimum atomic E-state index is -0.00666. The van der Waals surface area contributed by atoms with Gasteiger partial charge in [0.15, 0.2) is 5.82 Å². The second-order valence-electron chi connectivity index (χ2n) is 4.37. The molecular formula is C11H19N3O. The standard InChI is InChI=1S/C11H19N3O/c1-2-9-4-3-5-10(6-9)14-11(7-15)12-8-13-14/h8-10,15H,2-7H2,1H3. The molecule has 0 aromatic carbocycles. The molecule has 1 aromatic rings. The maximum Gasteiger partial charge on any atom is 0.152 e. The molecule has 1 aromatic heterocycles. The molecule has 0 spiro atoms. The van der Waals surface area contributed by atoms with E-state index in [-0.39, 0.29) is 6.61 Å². The minimum absolute atomic E-state index is 0.00666. The molecule has 1 aliphatic rings. The van der Waals surface area contributed by atoms with Crippen LogP contribution in [0.3, 0.4) is 0 Å². The number of nitrogens with zero attached hydrogens (tertiary/aromatic N) is 3. The Morgan fingerprint density at radius 2 is 2.40 bits per heavy atom. The summed E-state index contributed by atoms with van der Waals surface area (Å²) in [6, 6.07) is 0.452. The molecule has 0 bridgehead atoms. The lowest BCUT2D eigenvalue weighted by Gasteiger charge is -2.29. The van der Waals surface area contributed by atoms with Gasteiger partial charge in [-0.05, 0) is 18.8 Å². The van der Waals surface area contributed by atoms with Crippen LogP contribution >= 0.6 is 0 Å². The first-order valence-electron chi connectivity index (χ1n) is 5.84. The maximum absolute atomic E-state index is 9.14. The van der Waals surface area contributed by atoms with Crippen molar-refractivity contribution in [1.29, 1.82) is 0 Å². The molecule has 0 amide bonds. The average molecular weight is 209 g/mol. The molecule has 15 heavy (non-hydrogen) atoms. The summed E-state index contributed by atoms with van der Waals surface area (Å²) in [6.07, 6.45) is 7.77. The number of aliphatic hydroxyl groups is 1. The van der Waals surface area contributed by atoms with Crippen molar-refractivity contribution in [3.8, 4) is 0 Å². The fourth-order valence-electron chi connectivity index (χ4n) is 2.55. The van der Waals surface area contributed by atoms with Crippen LogP contribution in [0, 0.1) is 5.92 Å². The fourth-order valence-corrected chi connectivity index (χ4v) is 2.55. The van der Waals surface area contributed by atoms with Crippen LogP contribution in [0.4, 0.5) is 0 Å². The molecule has 2 rings (SSSR count). The number of aliphatic hydroxyl groups excluding tert-OH is 1. The van der Waals surface area contributed by atoms with Crippen LogP contribution in [-0.4, -0.2) is 19.9 Å². The van der Waals surface area contributed by atoms with Gasteiger partial charge in [0.05, 0.1) is 6.04 Å². The molecule has 1 heterocycles. The molecule has 1 N–H and O–H groups in total. The zero-order valence-corrected chi connectivity index (χ0v) is 9.26. The quantitative estimate of drug-likeness (QED) is 0.827. The lowest BCUT2D eigenvalue weighted by molar-refractivity contribution is 0.217. The molecule has 2 atom stereocenters. The summed E-state index contributed by atoms with van der Waals surface area (Å²) in [7, 11) is 0. The van der Waals surface area contributed by atoms with Crippen LogP contribution < -0.4 is 0 Å². The Hall–Kier alpha value is -0.900. The van der Waals surface area contributed by atoms with Crippen LogP contribution in [0.5, 0.6) is 0 Å². The lowest BCUT2D eigenvalue weighted by atomic mass is 9.84. The summed E-state index contributed by atoms with van der Waals surface area (Å²) in [5.74, 6) is 1.52. The Labute approximate surface area is 90.3 Å². The Morgan fingerprint density at radius 1 is 1.53 bits per heavy atom. The molecule has 0 radical (unpaired) electrons. The second kappa shape index (κ2) is 4.75. The number of rotatable bonds is 3. The highest BCUT2D eigenvalue weighted by atomic mass is 16.3. The predicted molar refractivity (Wildman–Crippen MR) is 57.2 cm³/mol. The van der Waals surface area contributed by atoms with Crippen molar-refractivity contribution in [3.05, 3.63) is 12.2 Å². The summed E-state index contributed by atoms with van der Waals surface area (Å²) in [5.41, 5.74) is 0. The third kappa shape index (κ3) is 2.20. The molecule has 2 unspecified atom stereocenters. The first kappa shape index (κ1) is 10.6. The SMILES string of the molecule is CCC1CCCC(n2ncnc2CO)C1. The molecule has 0 saturated heterocycles. The summed E-state index contributed by atoms with van der Waals surface area (Å²) in [4.78, 5) is 4.06. The van der Waals surface area contributed by atoms with E-state index in [0.717, 1.165) is 5.92 Å². The zero-order valence-electron chi connectivity index (χ0n) is 9.26. The van der Waals surface area contributed by atoms with Crippen LogP contribution in [0.15, 0.2) is 6.33 Å². The topological polar surface area (TPSA) is 50.9 Å². The Bertz CT molecular complexity index is 311. The molecule has 1 aliphatic carbocycles. The van der Waals surface area contributed by atoms with Crippen LogP contribution in [-0.2, 0) is 6.61 Å². The maximum atomic E-state index is 9.14. The van der Waals surface area contributed by atoms with Crippen molar-refractivity contribution in [3.63, 3.8) is 0 Å². The predicted octanol–water partition coefficient (Wildman–Crippen LogP) is 1.91. The summed E-state index contributed by atoms with van der Waals surface area (Å²) >= 11 is 0. The van der Waals surface area contributed by atoms with E-state index >= 15 is 0 Å². The summed E-state index contributed by atoms with van der Waals surface area (Å²) in [5, 5.41) is 13.4. The molecule has 1 fully saturated rings. The van der Waals surface area contributed by atoms with E-state index in [2.05, 4.69) is 17.0 Å². The van der Waals surface area contributed by atoms with E-state index in [1.807, 2.05) is 4.68 Å². The lowest BCUT2D eigenvalue weighted by Crippen LogP contribution is -2.21. The van der Waals surface area contributed by atoms with Gasteiger partial charge >= 0.3 is 0 Å². The number of aromatic nitrogens is 3. The van der Waals surface area contributed by atoms with Gasteiger partial charge in [0.1, 0.15) is 12.9 Å². The van der Waals surface area contributed by atoms with Gasteiger partial charge in [0.25, 0.3) is 0 Å². The van der Waals surface area contributed by atoms with E-state index < -0.39 is 0 Å². The average Bonchev–Trinajstić information content (AvgIpc) is 2.77. The minimum Gasteiger partial charge on any atom is -0.388 e. The monoisotopic (exact) mass is 209 g/mol. The van der Waals surface area contributed by atoms with Crippen molar-refractivity contribution in [1.82, 2.24) is 14.8 Å². The van der Waals surface area contributed by atoms with Gasteiger partial charge in [-0.25, -0.2) is 9.67 Å². The largest absolute Gasteiger partial charge is 0.388 e. The molecule has 1 saturated carbocycles. The van der Waals surface area contributed by atoms with Gasteiger partial charge < -0.3 is 5.11 Å². The number of hydrogen-bond acceptors (Lipinski definition) is 3. The Balaban J connectivity index is 2.09. The molecule has 0 aliphatic heterocycles. The van der Waals surface area contributed by atoms with Crippen molar-refractivity contribution in [2.45, 2.75) is 51.7 Å². The Kier molecular flexibility index (Phi) is 3.36. The highest BCUT2D eigenvalue weighted by molar-refractivity contribution is 4.87. The second-order valence-corrected chi connectivity index (χ2v) is 4.37. The van der Waals surface area contributed by atoms with Gasteiger partial charge in [-0.15, -0.1) is 0 Å². The van der Waals surface area contributed by atoms with Gasteiger partial charge in [-0.2, -0.15) is 5.10 Å². The first-order chi connectivity index (χ1) is 7.35. The zero-order chi connectivity index (χ0) is 10.7. The van der Waals surface area contributed by atoms with Gasteiger partial charge in [0, 0.05) is 0 Å². The smallest absolute Gasteiger partial charge is 0.152 e. The van der Waals surface area contributed by atoms with Crippen molar-refractivity contribution in [2.24, 2.45) is 5.92 Å². The van der Waals surface area contributed by atoms with Crippen molar-refractivity contribution >= 4 is 0 Å². The van der Waals surface area contributed by atoms with Crippen LogP contribution in [0.2, 0.25) is 0 Å². The van der Waals surface area contributed by atoms with Crippen LogP contribution in [0.25, 0.3) is 0 Å². The van der Waals surface area contributed by atoms with E-state index in [1.54, 1.807) is 6.33 Å². The third-order valence-electron chi connectivity index (χ3n) is 3.47. The molecule has 4 nitrogen and oxygen atoms in total.